The van der Waals surface area contributed by atoms with E-state index in [1.54, 1.807) is 7.11 Å². The van der Waals surface area contributed by atoms with Crippen LogP contribution in [0.4, 0.5) is 0 Å². The molecule has 1 fully saturated rings. The highest BCUT2D eigenvalue weighted by atomic mass is 16.5. The minimum atomic E-state index is 0.156. The van der Waals surface area contributed by atoms with E-state index < -0.39 is 0 Å². The van der Waals surface area contributed by atoms with Crippen molar-refractivity contribution < 1.29 is 14.3 Å². The monoisotopic (exact) mass is 406 g/mol. The van der Waals surface area contributed by atoms with Gasteiger partial charge in [-0.2, -0.15) is 0 Å². The van der Waals surface area contributed by atoms with Crippen molar-refractivity contribution in [2.75, 3.05) is 20.2 Å². The van der Waals surface area contributed by atoms with E-state index in [2.05, 4.69) is 10.3 Å². The Bertz CT molecular complexity index is 973. The molecule has 0 spiro atoms. The van der Waals surface area contributed by atoms with Crippen LogP contribution in [0.3, 0.4) is 0 Å². The lowest BCUT2D eigenvalue weighted by Crippen LogP contribution is -2.29. The quantitative estimate of drug-likeness (QED) is 0.574. The third-order valence-corrected chi connectivity index (χ3v) is 5.34. The molecule has 30 heavy (non-hydrogen) atoms. The number of carbonyl (C=O) groups is 1. The molecule has 1 aliphatic rings. The number of carbonyl (C=O) groups excluding carboxylic acids is 1. The summed E-state index contributed by atoms with van der Waals surface area (Å²) in [4.78, 5) is 14.6. The predicted molar refractivity (Wildman–Crippen MR) is 112 cm³/mol. The van der Waals surface area contributed by atoms with Crippen molar-refractivity contribution in [1.82, 2.24) is 19.9 Å². The van der Waals surface area contributed by atoms with Gasteiger partial charge < -0.3 is 14.4 Å². The number of rotatable bonds is 8. The molecule has 0 radical (unpaired) electrons. The molecular weight excluding hydrogens is 380 g/mol. The molecule has 3 aromatic rings. The van der Waals surface area contributed by atoms with Crippen molar-refractivity contribution in [1.29, 1.82) is 0 Å². The number of hydrogen-bond donors (Lipinski definition) is 0. The third kappa shape index (κ3) is 4.97. The standard InChI is InChI=1S/C23H26N4O3/c1-29-22-9-5-6-18(14-22)10-11-23(28)26-13-12-20(16-26)27-15-19(24-25-27)17-30-21-7-3-2-4-8-21/h2-9,14-15,20H,10-13,16-17H2,1H3. The lowest BCUT2D eigenvalue weighted by atomic mass is 10.1. The van der Waals surface area contributed by atoms with Crippen LogP contribution in [-0.2, 0) is 17.8 Å². The van der Waals surface area contributed by atoms with Gasteiger partial charge in [0.15, 0.2) is 0 Å². The number of methoxy groups -OCH3 is 1. The fourth-order valence-electron chi connectivity index (χ4n) is 3.65. The van der Waals surface area contributed by atoms with E-state index in [1.807, 2.05) is 70.4 Å². The predicted octanol–water partition coefficient (Wildman–Crippen LogP) is 3.27. The first-order valence-electron chi connectivity index (χ1n) is 10.2. The molecule has 7 heteroatoms. The number of likely N-dealkylation sites (tertiary alicyclic amines) is 1. The van der Waals surface area contributed by atoms with Gasteiger partial charge in [0.2, 0.25) is 5.91 Å². The van der Waals surface area contributed by atoms with Gasteiger partial charge in [-0.15, -0.1) is 5.10 Å². The van der Waals surface area contributed by atoms with Crippen molar-refractivity contribution in [3.63, 3.8) is 0 Å². The Balaban J connectivity index is 1.26. The van der Waals surface area contributed by atoms with E-state index in [0.29, 0.717) is 26.0 Å². The number of amides is 1. The number of hydrogen-bond acceptors (Lipinski definition) is 5. The van der Waals surface area contributed by atoms with E-state index in [0.717, 1.165) is 35.7 Å². The molecule has 2 aromatic carbocycles. The maximum Gasteiger partial charge on any atom is 0.222 e. The van der Waals surface area contributed by atoms with Crippen LogP contribution < -0.4 is 9.47 Å². The first kappa shape index (κ1) is 19.9. The Morgan fingerprint density at radius 3 is 2.80 bits per heavy atom. The van der Waals surface area contributed by atoms with Gasteiger partial charge in [-0.05, 0) is 42.7 Å². The molecule has 0 N–H and O–H groups in total. The van der Waals surface area contributed by atoms with E-state index in [1.165, 1.54) is 0 Å². The molecule has 0 saturated carbocycles. The van der Waals surface area contributed by atoms with Crippen LogP contribution >= 0.6 is 0 Å². The Labute approximate surface area is 176 Å². The van der Waals surface area contributed by atoms with Crippen LogP contribution in [0.1, 0.15) is 30.1 Å². The van der Waals surface area contributed by atoms with Gasteiger partial charge in [0.1, 0.15) is 23.8 Å². The summed E-state index contributed by atoms with van der Waals surface area (Å²) >= 11 is 0. The first-order valence-corrected chi connectivity index (χ1v) is 10.2. The number of aromatic nitrogens is 3. The normalized spacial score (nSPS) is 15.9. The molecule has 1 amide bonds. The van der Waals surface area contributed by atoms with Crippen LogP contribution in [0.15, 0.2) is 60.8 Å². The van der Waals surface area contributed by atoms with Gasteiger partial charge in [0.05, 0.1) is 19.3 Å². The highest BCUT2D eigenvalue weighted by Crippen LogP contribution is 2.22. The average molecular weight is 406 g/mol. The Morgan fingerprint density at radius 2 is 1.97 bits per heavy atom. The molecule has 1 atom stereocenters. The van der Waals surface area contributed by atoms with Crippen LogP contribution in [-0.4, -0.2) is 46.0 Å². The molecule has 4 rings (SSSR count). The van der Waals surface area contributed by atoms with Crippen LogP contribution in [0.25, 0.3) is 0 Å². The summed E-state index contributed by atoms with van der Waals surface area (Å²) in [6.45, 7) is 1.79. The van der Waals surface area contributed by atoms with E-state index in [-0.39, 0.29) is 11.9 Å². The van der Waals surface area contributed by atoms with Crippen molar-refractivity contribution in [3.05, 3.63) is 72.1 Å². The average Bonchev–Trinajstić information content (AvgIpc) is 3.47. The largest absolute Gasteiger partial charge is 0.497 e. The molecular formula is C23H26N4O3. The number of benzene rings is 2. The zero-order valence-electron chi connectivity index (χ0n) is 17.1. The number of para-hydroxylation sites is 1. The van der Waals surface area contributed by atoms with E-state index in [9.17, 15) is 4.79 Å². The van der Waals surface area contributed by atoms with Gasteiger partial charge in [-0.25, -0.2) is 4.68 Å². The van der Waals surface area contributed by atoms with Crippen LogP contribution in [0, 0.1) is 0 Å². The van der Waals surface area contributed by atoms with Gasteiger partial charge in [0, 0.05) is 19.5 Å². The summed E-state index contributed by atoms with van der Waals surface area (Å²) in [5.74, 6) is 1.80. The van der Waals surface area contributed by atoms with Gasteiger partial charge in [-0.1, -0.05) is 35.5 Å². The van der Waals surface area contributed by atoms with E-state index in [4.69, 9.17) is 9.47 Å². The third-order valence-electron chi connectivity index (χ3n) is 5.34. The summed E-state index contributed by atoms with van der Waals surface area (Å²) < 4.78 is 12.8. The summed E-state index contributed by atoms with van der Waals surface area (Å²) in [6, 6.07) is 17.7. The van der Waals surface area contributed by atoms with Crippen molar-refractivity contribution in [2.24, 2.45) is 0 Å². The lowest BCUT2D eigenvalue weighted by Gasteiger charge is -2.16. The molecule has 0 bridgehead atoms. The summed E-state index contributed by atoms with van der Waals surface area (Å²) in [6.07, 6.45) is 4.00. The molecule has 156 valence electrons. The summed E-state index contributed by atoms with van der Waals surface area (Å²) in [5.41, 5.74) is 1.89. The van der Waals surface area contributed by atoms with Crippen molar-refractivity contribution >= 4 is 5.91 Å². The minimum absolute atomic E-state index is 0.156. The molecule has 1 saturated heterocycles. The van der Waals surface area contributed by atoms with Gasteiger partial charge in [0.25, 0.3) is 0 Å². The highest BCUT2D eigenvalue weighted by Gasteiger charge is 2.28. The maximum absolute atomic E-state index is 12.6. The maximum atomic E-state index is 12.6. The van der Waals surface area contributed by atoms with E-state index >= 15 is 0 Å². The smallest absolute Gasteiger partial charge is 0.222 e. The fraction of sp³-hybridized carbons (Fsp3) is 0.348. The SMILES string of the molecule is COc1cccc(CCC(=O)N2CCC(n3cc(COc4ccccc4)nn3)C2)c1. The molecule has 1 aromatic heterocycles. The van der Waals surface area contributed by atoms with Crippen LogP contribution in [0.5, 0.6) is 11.5 Å². The molecule has 1 unspecified atom stereocenters. The number of aryl methyl sites for hydroxylation is 1. The number of nitrogens with zero attached hydrogens (tertiary/aromatic N) is 4. The second kappa shape index (κ2) is 9.43. The molecule has 2 heterocycles. The molecule has 0 aliphatic carbocycles. The topological polar surface area (TPSA) is 69.5 Å². The lowest BCUT2D eigenvalue weighted by molar-refractivity contribution is -0.130. The first-order chi connectivity index (χ1) is 14.7. The van der Waals surface area contributed by atoms with Gasteiger partial charge >= 0.3 is 0 Å². The summed E-state index contributed by atoms with van der Waals surface area (Å²) in [5, 5.41) is 8.46. The Morgan fingerprint density at radius 1 is 1.13 bits per heavy atom. The molecule has 7 nitrogen and oxygen atoms in total. The van der Waals surface area contributed by atoms with Gasteiger partial charge in [-0.3, -0.25) is 4.79 Å². The Hall–Kier alpha value is -3.35. The Kier molecular flexibility index (Phi) is 6.27. The second-order valence-corrected chi connectivity index (χ2v) is 7.43. The van der Waals surface area contributed by atoms with Crippen molar-refractivity contribution in [3.8, 4) is 11.5 Å². The number of ether oxygens (including phenoxy) is 2. The zero-order valence-corrected chi connectivity index (χ0v) is 17.1. The highest BCUT2D eigenvalue weighted by molar-refractivity contribution is 5.76. The minimum Gasteiger partial charge on any atom is -0.497 e. The van der Waals surface area contributed by atoms with Crippen molar-refractivity contribution in [2.45, 2.75) is 31.9 Å². The van der Waals surface area contributed by atoms with Crippen LogP contribution in [0.2, 0.25) is 0 Å². The molecule has 1 aliphatic heterocycles. The second-order valence-electron chi connectivity index (χ2n) is 7.43. The summed E-state index contributed by atoms with van der Waals surface area (Å²) in [7, 11) is 1.65. The zero-order chi connectivity index (χ0) is 20.8. The fourth-order valence-corrected chi connectivity index (χ4v) is 3.65.